The Morgan fingerprint density at radius 1 is 1.29 bits per heavy atom. The molecule has 0 aromatic carbocycles. The zero-order chi connectivity index (χ0) is 13.4. The van der Waals surface area contributed by atoms with Crippen molar-refractivity contribution in [1.82, 2.24) is 6.15 Å². The third-order valence-electron chi connectivity index (χ3n) is 1.15. The van der Waals surface area contributed by atoms with Gasteiger partial charge in [0.2, 0.25) is 0 Å². The monoisotopic (exact) mass is 258 g/mol. The van der Waals surface area contributed by atoms with Crippen LogP contribution >= 0.6 is 0 Å². The van der Waals surface area contributed by atoms with Gasteiger partial charge in [0.05, 0.1) is 32.8 Å². The molecule has 1 rings (SSSR count). The Morgan fingerprint density at radius 3 is 1.59 bits per heavy atom. The molecule has 0 amide bonds. The summed E-state index contributed by atoms with van der Waals surface area (Å²) in [5, 5.41) is 28.4. The highest BCUT2D eigenvalue weighted by Gasteiger charge is 2.28. The summed E-state index contributed by atoms with van der Waals surface area (Å²) in [5.41, 5.74) is 0. The highest BCUT2D eigenvalue weighted by atomic mass is 16.9. The number of hydrogen-bond acceptors (Lipinski definition) is 7. The fourth-order valence-corrected chi connectivity index (χ4v) is 0.784. The van der Waals surface area contributed by atoms with Crippen LogP contribution in [0.3, 0.4) is 0 Å². The van der Waals surface area contributed by atoms with Crippen LogP contribution in [0.1, 0.15) is 0 Å². The minimum absolute atomic E-state index is 0. The van der Waals surface area contributed by atoms with Gasteiger partial charge in [-0.1, -0.05) is 0 Å². The summed E-state index contributed by atoms with van der Waals surface area (Å²) < 4.78 is 6.09. The van der Waals surface area contributed by atoms with E-state index in [0.29, 0.717) is 6.10 Å². The molecular formula is C6H18N4O7. The van der Waals surface area contributed by atoms with E-state index in [1.165, 1.54) is 0 Å². The Kier molecular flexibility index (Phi) is 11.5. The Bertz CT molecular complexity index is 205. The average Bonchev–Trinajstić information content (AvgIpc) is 2.63. The van der Waals surface area contributed by atoms with E-state index in [2.05, 4.69) is 21.1 Å². The lowest BCUT2D eigenvalue weighted by atomic mass is 10.4. The van der Waals surface area contributed by atoms with Gasteiger partial charge in [-0.3, -0.25) is 0 Å². The second-order valence-electron chi connectivity index (χ2n) is 3.89. The van der Waals surface area contributed by atoms with Gasteiger partial charge >= 0.3 is 0 Å². The van der Waals surface area contributed by atoms with E-state index in [0.717, 1.165) is 17.6 Å². The van der Waals surface area contributed by atoms with Crippen molar-refractivity contribution in [2.75, 3.05) is 34.3 Å². The van der Waals surface area contributed by atoms with Crippen molar-refractivity contribution >= 4 is 0 Å². The van der Waals surface area contributed by atoms with Gasteiger partial charge in [0.25, 0.3) is 5.09 Å². The van der Waals surface area contributed by atoms with Crippen molar-refractivity contribution < 1.29 is 24.6 Å². The van der Waals surface area contributed by atoms with E-state index < -0.39 is 10.2 Å². The van der Waals surface area contributed by atoms with Crippen molar-refractivity contribution in [2.24, 2.45) is 0 Å². The fourth-order valence-electron chi connectivity index (χ4n) is 0.784. The molecule has 0 aromatic heterocycles. The molecule has 0 spiro atoms. The maximum Gasteiger partial charge on any atom is 0.291 e. The molecule has 1 atom stereocenters. The summed E-state index contributed by atoms with van der Waals surface area (Å²) in [6.07, 6.45) is 0.565. The highest BCUT2D eigenvalue weighted by molar-refractivity contribution is 4.66. The van der Waals surface area contributed by atoms with Crippen LogP contribution in [0.25, 0.3) is 0 Å². The molecule has 11 nitrogen and oxygen atoms in total. The van der Waals surface area contributed by atoms with E-state index in [-0.39, 0.29) is 6.15 Å². The molecule has 11 heteroatoms. The molecule has 1 saturated heterocycles. The summed E-state index contributed by atoms with van der Waals surface area (Å²) in [7, 11) is 6.55. The summed E-state index contributed by atoms with van der Waals surface area (Å²) >= 11 is 0. The van der Waals surface area contributed by atoms with Crippen molar-refractivity contribution in [3.05, 3.63) is 25.4 Å². The van der Waals surface area contributed by atoms with Crippen LogP contribution in [0, 0.1) is 25.4 Å². The van der Waals surface area contributed by atoms with Crippen LogP contribution in [0.2, 0.25) is 0 Å². The Labute approximate surface area is 97.6 Å². The number of quaternary nitrogens is 1. The first-order valence-corrected chi connectivity index (χ1v) is 4.11. The van der Waals surface area contributed by atoms with Crippen molar-refractivity contribution in [1.29, 1.82) is 0 Å². The Hall–Kier alpha value is -1.72. The molecule has 104 valence electrons. The summed E-state index contributed by atoms with van der Waals surface area (Å²) in [4.78, 5) is 16.6. The zero-order valence-corrected chi connectivity index (χ0v) is 9.94. The van der Waals surface area contributed by atoms with Gasteiger partial charge < -0.3 is 35.9 Å². The molecule has 0 saturated carbocycles. The Morgan fingerprint density at radius 2 is 1.53 bits per heavy atom. The molecule has 1 heterocycles. The molecule has 4 N–H and O–H groups in total. The molecule has 1 unspecified atom stereocenters. The van der Waals surface area contributed by atoms with Gasteiger partial charge in [-0.05, 0) is 0 Å². The van der Waals surface area contributed by atoms with E-state index in [9.17, 15) is 0 Å². The first kappa shape index (κ1) is 20.7. The molecular weight excluding hydrogens is 240 g/mol. The predicted molar refractivity (Wildman–Crippen MR) is 56.8 cm³/mol. The molecule has 1 aliphatic rings. The topological polar surface area (TPSA) is 177 Å². The standard InChI is InChI=1S/C6H14NO.HNO3.NO3.H3N/c1-7(2,3)4-6-5-8-6;2*2-1(3)4;/h6H,4-5H2,1-3H3;(H,2,3,4);;1H3/q+1;;-1;. The summed E-state index contributed by atoms with van der Waals surface area (Å²) in [6.45, 7) is 2.13. The van der Waals surface area contributed by atoms with Crippen LogP contribution in [0.15, 0.2) is 0 Å². The molecule has 1 aliphatic heterocycles. The molecule has 17 heavy (non-hydrogen) atoms. The molecule has 1 fully saturated rings. The molecule has 0 aromatic rings. The van der Waals surface area contributed by atoms with Crippen molar-refractivity contribution in [3.8, 4) is 0 Å². The largest absolute Gasteiger partial charge is 0.367 e. The van der Waals surface area contributed by atoms with Crippen molar-refractivity contribution in [3.63, 3.8) is 0 Å². The summed E-state index contributed by atoms with van der Waals surface area (Å²) in [5.74, 6) is 0. The van der Waals surface area contributed by atoms with Gasteiger partial charge in [0, 0.05) is 0 Å². The van der Waals surface area contributed by atoms with Crippen molar-refractivity contribution in [2.45, 2.75) is 6.10 Å². The average molecular weight is 258 g/mol. The number of rotatable bonds is 2. The lowest BCUT2D eigenvalue weighted by Crippen LogP contribution is -2.37. The van der Waals surface area contributed by atoms with Gasteiger partial charge in [0.15, 0.2) is 0 Å². The maximum absolute atomic E-state index is 8.36. The van der Waals surface area contributed by atoms with Crippen LogP contribution in [-0.2, 0) is 4.74 Å². The third kappa shape index (κ3) is 54.6. The minimum atomic E-state index is -1.75. The lowest BCUT2D eigenvalue weighted by molar-refractivity contribution is -0.870. The minimum Gasteiger partial charge on any atom is -0.367 e. The van der Waals surface area contributed by atoms with Crippen LogP contribution in [0.5, 0.6) is 0 Å². The second kappa shape index (κ2) is 9.50. The van der Waals surface area contributed by atoms with E-state index >= 15 is 0 Å². The fraction of sp³-hybridized carbons (Fsp3) is 1.00. The van der Waals surface area contributed by atoms with E-state index in [1.807, 2.05) is 0 Å². The maximum atomic E-state index is 8.36. The van der Waals surface area contributed by atoms with Crippen LogP contribution < -0.4 is 6.15 Å². The number of epoxide rings is 1. The number of hydrogen-bond donors (Lipinski definition) is 2. The third-order valence-corrected chi connectivity index (χ3v) is 1.15. The van der Waals surface area contributed by atoms with Gasteiger partial charge in [0.1, 0.15) is 12.6 Å². The Balaban J connectivity index is -0.000000189. The quantitative estimate of drug-likeness (QED) is 0.292. The first-order valence-electron chi connectivity index (χ1n) is 4.11. The van der Waals surface area contributed by atoms with E-state index in [1.54, 1.807) is 0 Å². The molecule has 0 aliphatic carbocycles. The molecule has 0 radical (unpaired) electrons. The van der Waals surface area contributed by atoms with Gasteiger partial charge in [-0.25, -0.2) is 0 Å². The van der Waals surface area contributed by atoms with Gasteiger partial charge in [-0.15, -0.1) is 10.1 Å². The number of nitrogens with zero attached hydrogens (tertiary/aromatic N) is 3. The van der Waals surface area contributed by atoms with Crippen LogP contribution in [0.4, 0.5) is 0 Å². The smallest absolute Gasteiger partial charge is 0.291 e. The first-order chi connectivity index (χ1) is 7.04. The second-order valence-corrected chi connectivity index (χ2v) is 3.89. The summed E-state index contributed by atoms with van der Waals surface area (Å²) in [6, 6.07) is 0. The lowest BCUT2D eigenvalue weighted by Gasteiger charge is -2.22. The van der Waals surface area contributed by atoms with E-state index in [4.69, 9.17) is 35.4 Å². The highest BCUT2D eigenvalue weighted by Crippen LogP contribution is 2.11. The zero-order valence-electron chi connectivity index (χ0n) is 9.94. The van der Waals surface area contributed by atoms with Crippen LogP contribution in [-0.4, -0.2) is 60.3 Å². The normalized spacial score (nSPS) is 16.1. The predicted octanol–water partition coefficient (Wildman–Crippen LogP) is -0.333. The van der Waals surface area contributed by atoms with Gasteiger partial charge in [-0.2, -0.15) is 0 Å². The molecule has 0 bridgehead atoms. The number of ether oxygens (including phenoxy) is 1. The number of likely N-dealkylation sites (N-methyl/N-ethyl adjacent to an activating group) is 1. The SMILES string of the molecule is C[N+](C)(C)CC1CO1.N.O=[N+]([O-])O.O=[N+]([O-])[O-].